The monoisotopic (exact) mass is 223 g/mol. The minimum absolute atomic E-state index is 0.417. The second kappa shape index (κ2) is 4.14. The summed E-state index contributed by atoms with van der Waals surface area (Å²) in [6, 6.07) is 0.476. The summed E-state index contributed by atoms with van der Waals surface area (Å²) in [5.41, 5.74) is 1.77. The van der Waals surface area contributed by atoms with Crippen LogP contribution in [-0.2, 0) is 11.3 Å². The van der Waals surface area contributed by atoms with Crippen molar-refractivity contribution in [2.24, 2.45) is 5.92 Å². The number of aryl methyl sites for hydroxylation is 1. The summed E-state index contributed by atoms with van der Waals surface area (Å²) in [5, 5.41) is 11.2. The van der Waals surface area contributed by atoms with Gasteiger partial charge in [0.05, 0.1) is 6.10 Å². The molecule has 1 saturated carbocycles. The molecule has 1 aromatic rings. The van der Waals surface area contributed by atoms with Crippen LogP contribution in [0.15, 0.2) is 4.63 Å². The molecule has 0 amide bonds. The van der Waals surface area contributed by atoms with Crippen LogP contribution in [0.1, 0.15) is 30.7 Å². The highest BCUT2D eigenvalue weighted by Gasteiger charge is 2.40. The van der Waals surface area contributed by atoms with Gasteiger partial charge in [0.25, 0.3) is 0 Å². The zero-order valence-electron chi connectivity index (χ0n) is 9.48. The zero-order chi connectivity index (χ0) is 11.0. The third-order valence-electron chi connectivity index (χ3n) is 3.50. The van der Waals surface area contributed by atoms with E-state index in [1.165, 1.54) is 12.8 Å². The lowest BCUT2D eigenvalue weighted by Gasteiger charge is -2.18. The van der Waals surface area contributed by atoms with E-state index >= 15 is 0 Å². The molecule has 88 valence electrons. The molecule has 1 aliphatic carbocycles. The molecule has 2 aliphatic rings. The van der Waals surface area contributed by atoms with Gasteiger partial charge in [-0.1, -0.05) is 10.3 Å². The molecule has 0 aromatic carbocycles. The molecule has 0 bridgehead atoms. The highest BCUT2D eigenvalue weighted by atomic mass is 16.6. The summed E-state index contributed by atoms with van der Waals surface area (Å²) in [6.45, 7) is 3.53. The van der Waals surface area contributed by atoms with E-state index in [4.69, 9.17) is 4.74 Å². The third kappa shape index (κ3) is 1.97. The van der Waals surface area contributed by atoms with Crippen LogP contribution in [0.4, 0.5) is 0 Å². The van der Waals surface area contributed by atoms with Crippen molar-refractivity contribution in [2.75, 3.05) is 6.61 Å². The first-order chi connectivity index (χ1) is 7.84. The van der Waals surface area contributed by atoms with Gasteiger partial charge in [-0.25, -0.2) is 4.63 Å². The normalized spacial score (nSPS) is 29.8. The van der Waals surface area contributed by atoms with Crippen LogP contribution in [-0.4, -0.2) is 29.1 Å². The van der Waals surface area contributed by atoms with E-state index in [1.54, 1.807) is 0 Å². The molecule has 1 saturated heterocycles. The van der Waals surface area contributed by atoms with Crippen molar-refractivity contribution in [3.8, 4) is 0 Å². The Kier molecular flexibility index (Phi) is 2.65. The number of rotatable bonds is 4. The molecule has 2 fully saturated rings. The first kappa shape index (κ1) is 10.2. The summed E-state index contributed by atoms with van der Waals surface area (Å²) in [5.74, 6) is 0.788. The Labute approximate surface area is 94.5 Å². The molecule has 1 aliphatic heterocycles. The SMILES string of the molecule is Cc1nonc1CNC1CCOC1C1CC1. The van der Waals surface area contributed by atoms with Gasteiger partial charge in [0, 0.05) is 19.2 Å². The Morgan fingerprint density at radius 3 is 2.88 bits per heavy atom. The Morgan fingerprint density at radius 1 is 1.31 bits per heavy atom. The number of nitrogens with one attached hydrogen (secondary N) is 1. The van der Waals surface area contributed by atoms with E-state index < -0.39 is 0 Å². The lowest BCUT2D eigenvalue weighted by Crippen LogP contribution is -2.37. The van der Waals surface area contributed by atoms with Crippen LogP contribution in [0.3, 0.4) is 0 Å². The summed E-state index contributed by atoms with van der Waals surface area (Å²) >= 11 is 0. The first-order valence-corrected chi connectivity index (χ1v) is 5.97. The molecule has 3 rings (SSSR count). The average molecular weight is 223 g/mol. The molecule has 0 spiro atoms. The van der Waals surface area contributed by atoms with Crippen molar-refractivity contribution in [3.63, 3.8) is 0 Å². The van der Waals surface area contributed by atoms with Gasteiger partial charge in [-0.05, 0) is 32.1 Å². The summed E-state index contributed by atoms with van der Waals surface area (Å²) in [6.07, 6.45) is 4.17. The molecule has 5 nitrogen and oxygen atoms in total. The van der Waals surface area contributed by atoms with Crippen molar-refractivity contribution in [1.82, 2.24) is 15.6 Å². The zero-order valence-corrected chi connectivity index (χ0v) is 9.48. The van der Waals surface area contributed by atoms with E-state index in [0.29, 0.717) is 12.1 Å². The Balaban J connectivity index is 1.56. The minimum atomic E-state index is 0.417. The second-order valence-corrected chi connectivity index (χ2v) is 4.75. The van der Waals surface area contributed by atoms with Crippen LogP contribution < -0.4 is 5.32 Å². The van der Waals surface area contributed by atoms with Gasteiger partial charge >= 0.3 is 0 Å². The van der Waals surface area contributed by atoms with Crippen LogP contribution >= 0.6 is 0 Å². The molecule has 2 heterocycles. The second-order valence-electron chi connectivity index (χ2n) is 4.75. The van der Waals surface area contributed by atoms with Gasteiger partial charge in [0.2, 0.25) is 0 Å². The topological polar surface area (TPSA) is 60.2 Å². The lowest BCUT2D eigenvalue weighted by atomic mass is 10.1. The van der Waals surface area contributed by atoms with Gasteiger partial charge in [0.1, 0.15) is 11.4 Å². The molecule has 1 aromatic heterocycles. The van der Waals surface area contributed by atoms with Crippen LogP contribution in [0.2, 0.25) is 0 Å². The molecule has 16 heavy (non-hydrogen) atoms. The Morgan fingerprint density at radius 2 is 2.19 bits per heavy atom. The summed E-state index contributed by atoms with van der Waals surface area (Å²) < 4.78 is 10.4. The van der Waals surface area contributed by atoms with E-state index in [0.717, 1.165) is 36.9 Å². The fourth-order valence-corrected chi connectivity index (χ4v) is 2.36. The van der Waals surface area contributed by atoms with Crippen LogP contribution in [0.5, 0.6) is 0 Å². The molecule has 2 atom stereocenters. The summed E-state index contributed by atoms with van der Waals surface area (Å²) in [7, 11) is 0. The smallest absolute Gasteiger partial charge is 0.121 e. The number of hydrogen-bond acceptors (Lipinski definition) is 5. The predicted molar refractivity (Wildman–Crippen MR) is 56.7 cm³/mol. The fourth-order valence-electron chi connectivity index (χ4n) is 2.36. The molecule has 0 radical (unpaired) electrons. The largest absolute Gasteiger partial charge is 0.376 e. The van der Waals surface area contributed by atoms with Crippen molar-refractivity contribution in [1.29, 1.82) is 0 Å². The van der Waals surface area contributed by atoms with E-state index in [2.05, 4.69) is 20.3 Å². The van der Waals surface area contributed by atoms with Gasteiger partial charge < -0.3 is 10.1 Å². The number of hydrogen-bond donors (Lipinski definition) is 1. The molecular formula is C11H17N3O2. The maximum atomic E-state index is 5.77. The van der Waals surface area contributed by atoms with Crippen molar-refractivity contribution < 1.29 is 9.37 Å². The Bertz CT molecular complexity index is 362. The highest BCUT2D eigenvalue weighted by Crippen LogP contribution is 2.38. The molecule has 2 unspecified atom stereocenters. The summed E-state index contributed by atoms with van der Waals surface area (Å²) in [4.78, 5) is 0. The number of aromatic nitrogens is 2. The average Bonchev–Trinajstić information content (AvgIpc) is 2.88. The first-order valence-electron chi connectivity index (χ1n) is 5.97. The fraction of sp³-hybridized carbons (Fsp3) is 0.818. The number of ether oxygens (including phenoxy) is 1. The van der Waals surface area contributed by atoms with Crippen LogP contribution in [0.25, 0.3) is 0 Å². The van der Waals surface area contributed by atoms with E-state index in [9.17, 15) is 0 Å². The van der Waals surface area contributed by atoms with Gasteiger partial charge in [0.15, 0.2) is 0 Å². The van der Waals surface area contributed by atoms with E-state index in [1.807, 2.05) is 6.92 Å². The van der Waals surface area contributed by atoms with Crippen molar-refractivity contribution in [3.05, 3.63) is 11.4 Å². The molecule has 5 heteroatoms. The van der Waals surface area contributed by atoms with Gasteiger partial charge in [-0.15, -0.1) is 0 Å². The van der Waals surface area contributed by atoms with Crippen molar-refractivity contribution in [2.45, 2.75) is 44.9 Å². The number of nitrogens with zero attached hydrogens (tertiary/aromatic N) is 2. The van der Waals surface area contributed by atoms with Gasteiger partial charge in [-0.3, -0.25) is 0 Å². The maximum absolute atomic E-state index is 5.77. The Hall–Kier alpha value is -0.940. The maximum Gasteiger partial charge on any atom is 0.121 e. The minimum Gasteiger partial charge on any atom is -0.376 e. The van der Waals surface area contributed by atoms with E-state index in [-0.39, 0.29) is 0 Å². The third-order valence-corrected chi connectivity index (χ3v) is 3.50. The highest BCUT2D eigenvalue weighted by molar-refractivity contribution is 5.05. The molecule has 1 N–H and O–H groups in total. The lowest BCUT2D eigenvalue weighted by molar-refractivity contribution is 0.0807. The predicted octanol–water partition coefficient (Wildman–Crippen LogP) is 1.04. The van der Waals surface area contributed by atoms with Crippen LogP contribution in [0, 0.1) is 12.8 Å². The van der Waals surface area contributed by atoms with Gasteiger partial charge in [-0.2, -0.15) is 0 Å². The van der Waals surface area contributed by atoms with Crippen molar-refractivity contribution >= 4 is 0 Å². The molecular weight excluding hydrogens is 206 g/mol. The standard InChI is InChI=1S/C11H17N3O2/c1-7-10(14-16-13-7)6-12-9-4-5-15-11(9)8-2-3-8/h8-9,11-12H,2-6H2,1H3. The quantitative estimate of drug-likeness (QED) is 0.826.